The molecular formula is C85H166O17P2. The van der Waals surface area contributed by atoms with E-state index in [4.69, 9.17) is 37.0 Å². The molecule has 104 heavy (non-hydrogen) atoms. The van der Waals surface area contributed by atoms with Crippen LogP contribution in [0.2, 0.25) is 0 Å². The summed E-state index contributed by atoms with van der Waals surface area (Å²) in [5, 5.41) is 10.7. The molecule has 0 aliphatic rings. The highest BCUT2D eigenvalue weighted by atomic mass is 31.2. The van der Waals surface area contributed by atoms with Gasteiger partial charge in [-0.3, -0.25) is 37.3 Å². The summed E-state index contributed by atoms with van der Waals surface area (Å²) in [5.41, 5.74) is 0. The Morgan fingerprint density at radius 1 is 0.260 bits per heavy atom. The van der Waals surface area contributed by atoms with E-state index in [1.807, 2.05) is 0 Å². The lowest BCUT2D eigenvalue weighted by Gasteiger charge is -2.21. The van der Waals surface area contributed by atoms with Crippen molar-refractivity contribution in [1.82, 2.24) is 0 Å². The lowest BCUT2D eigenvalue weighted by Crippen LogP contribution is -2.30. The van der Waals surface area contributed by atoms with Crippen molar-refractivity contribution in [3.05, 3.63) is 0 Å². The van der Waals surface area contributed by atoms with Crippen LogP contribution in [0, 0.1) is 5.92 Å². The molecule has 0 radical (unpaired) electrons. The SMILES string of the molecule is CCCCCCCCCCCCCCCCCCCCCC(=O)O[C@H](COC(=O)CCCCCCCCCCCCCCCCCCCC)COP(=O)(O)OC[C@@H](O)COP(=O)(O)OC[C@@H](COC(=O)CCCCCCCCCCC(C)C)OC(=O)CCCCCCCCCCCCCCCCCC. The van der Waals surface area contributed by atoms with Gasteiger partial charge in [0.1, 0.15) is 19.3 Å². The molecule has 0 aromatic heterocycles. The Kier molecular flexibility index (Phi) is 76.3. The van der Waals surface area contributed by atoms with Crippen LogP contribution < -0.4 is 0 Å². The summed E-state index contributed by atoms with van der Waals surface area (Å²) >= 11 is 0. The number of phosphoric ester groups is 2. The Balaban J connectivity index is 5.24. The zero-order valence-electron chi connectivity index (χ0n) is 68.2. The van der Waals surface area contributed by atoms with Crippen molar-refractivity contribution in [2.45, 2.75) is 477 Å². The molecule has 3 N–H and O–H groups in total. The van der Waals surface area contributed by atoms with Crippen molar-refractivity contribution in [2.24, 2.45) is 5.92 Å². The number of unbranched alkanes of at least 4 members (excludes halogenated alkanes) is 57. The lowest BCUT2D eigenvalue weighted by molar-refractivity contribution is -0.161. The number of rotatable bonds is 85. The van der Waals surface area contributed by atoms with Crippen molar-refractivity contribution in [2.75, 3.05) is 39.6 Å². The van der Waals surface area contributed by atoms with Gasteiger partial charge in [-0.05, 0) is 31.6 Å². The molecule has 19 heteroatoms. The molecule has 0 aromatic carbocycles. The smallest absolute Gasteiger partial charge is 0.462 e. The van der Waals surface area contributed by atoms with Gasteiger partial charge in [-0.25, -0.2) is 9.13 Å². The van der Waals surface area contributed by atoms with Crippen molar-refractivity contribution in [3.63, 3.8) is 0 Å². The summed E-state index contributed by atoms with van der Waals surface area (Å²) in [7, 11) is -9.93. The van der Waals surface area contributed by atoms with Crippen LogP contribution in [0.25, 0.3) is 0 Å². The zero-order valence-corrected chi connectivity index (χ0v) is 70.0. The highest BCUT2D eigenvalue weighted by Crippen LogP contribution is 2.45. The molecule has 2 unspecified atom stereocenters. The summed E-state index contributed by atoms with van der Waals surface area (Å²) in [6.07, 6.45) is 70.8. The van der Waals surface area contributed by atoms with Crippen LogP contribution in [0.5, 0.6) is 0 Å². The average Bonchev–Trinajstić information content (AvgIpc) is 0.910. The highest BCUT2D eigenvalue weighted by molar-refractivity contribution is 7.47. The lowest BCUT2D eigenvalue weighted by atomic mass is 10.0. The normalized spacial score (nSPS) is 13.8. The summed E-state index contributed by atoms with van der Waals surface area (Å²) in [5.74, 6) is -1.37. The molecule has 0 saturated heterocycles. The van der Waals surface area contributed by atoms with Crippen molar-refractivity contribution < 1.29 is 80.2 Å². The van der Waals surface area contributed by atoms with E-state index in [0.29, 0.717) is 25.7 Å². The van der Waals surface area contributed by atoms with Crippen LogP contribution in [0.4, 0.5) is 0 Å². The van der Waals surface area contributed by atoms with Crippen molar-refractivity contribution in [3.8, 4) is 0 Å². The first-order valence-electron chi connectivity index (χ1n) is 44.1. The Morgan fingerprint density at radius 2 is 0.442 bits per heavy atom. The first kappa shape index (κ1) is 102. The largest absolute Gasteiger partial charge is 0.472 e. The number of phosphoric acid groups is 2. The van der Waals surface area contributed by atoms with E-state index < -0.39 is 97.5 Å². The fourth-order valence-corrected chi connectivity index (χ4v) is 14.9. The molecule has 0 aromatic rings. The molecule has 0 amide bonds. The van der Waals surface area contributed by atoms with Gasteiger partial charge < -0.3 is 33.8 Å². The third-order valence-corrected chi connectivity index (χ3v) is 21.9. The fraction of sp³-hybridized carbons (Fsp3) is 0.953. The second-order valence-electron chi connectivity index (χ2n) is 31.1. The van der Waals surface area contributed by atoms with Gasteiger partial charge in [0, 0.05) is 25.7 Å². The van der Waals surface area contributed by atoms with Crippen LogP contribution >= 0.6 is 15.6 Å². The Labute approximate surface area is 638 Å². The van der Waals surface area contributed by atoms with Crippen molar-refractivity contribution >= 4 is 39.5 Å². The van der Waals surface area contributed by atoms with Gasteiger partial charge in [-0.2, -0.15) is 0 Å². The van der Waals surface area contributed by atoms with E-state index >= 15 is 0 Å². The van der Waals surface area contributed by atoms with Crippen LogP contribution in [0.15, 0.2) is 0 Å². The van der Waals surface area contributed by atoms with Crippen LogP contribution in [-0.2, 0) is 65.4 Å². The zero-order chi connectivity index (χ0) is 76.2. The molecule has 0 fully saturated rings. The number of aliphatic hydroxyl groups excluding tert-OH is 1. The summed E-state index contributed by atoms with van der Waals surface area (Å²) in [4.78, 5) is 73.2. The van der Waals surface area contributed by atoms with E-state index in [2.05, 4.69) is 34.6 Å². The van der Waals surface area contributed by atoms with Gasteiger partial charge in [-0.1, -0.05) is 407 Å². The molecule has 0 aliphatic carbocycles. The van der Waals surface area contributed by atoms with Gasteiger partial charge in [-0.15, -0.1) is 0 Å². The number of hydrogen-bond acceptors (Lipinski definition) is 15. The van der Waals surface area contributed by atoms with E-state index in [0.717, 1.165) is 95.8 Å². The first-order valence-corrected chi connectivity index (χ1v) is 47.1. The van der Waals surface area contributed by atoms with Gasteiger partial charge >= 0.3 is 39.5 Å². The number of hydrogen-bond donors (Lipinski definition) is 3. The minimum Gasteiger partial charge on any atom is -0.462 e. The number of carbonyl (C=O) groups is 4. The first-order chi connectivity index (χ1) is 50.5. The minimum atomic E-state index is -4.96. The summed E-state index contributed by atoms with van der Waals surface area (Å²) < 4.78 is 68.9. The number of ether oxygens (including phenoxy) is 4. The third kappa shape index (κ3) is 78.2. The number of carbonyl (C=O) groups excluding carboxylic acids is 4. The van der Waals surface area contributed by atoms with Crippen molar-refractivity contribution in [1.29, 1.82) is 0 Å². The molecule has 618 valence electrons. The quantitative estimate of drug-likeness (QED) is 0.0222. The van der Waals surface area contributed by atoms with E-state index in [9.17, 15) is 43.2 Å². The monoisotopic (exact) mass is 1520 g/mol. The fourth-order valence-electron chi connectivity index (χ4n) is 13.3. The summed E-state index contributed by atoms with van der Waals surface area (Å²) in [6.45, 7) is 7.33. The molecule has 0 heterocycles. The van der Waals surface area contributed by atoms with Gasteiger partial charge in [0.2, 0.25) is 0 Å². The maximum absolute atomic E-state index is 13.1. The predicted octanol–water partition coefficient (Wildman–Crippen LogP) is 26.0. The maximum Gasteiger partial charge on any atom is 0.472 e. The number of aliphatic hydroxyl groups is 1. The Morgan fingerprint density at radius 3 is 0.654 bits per heavy atom. The molecule has 0 saturated carbocycles. The Bertz CT molecular complexity index is 1980. The second kappa shape index (κ2) is 77.8. The number of esters is 4. The average molecular weight is 1520 g/mol. The highest BCUT2D eigenvalue weighted by Gasteiger charge is 2.30. The Hall–Kier alpha value is -1.94. The molecule has 17 nitrogen and oxygen atoms in total. The van der Waals surface area contributed by atoms with E-state index in [1.54, 1.807) is 0 Å². The molecule has 0 bridgehead atoms. The molecule has 0 aliphatic heterocycles. The molecule has 0 rings (SSSR count). The van der Waals surface area contributed by atoms with Crippen LogP contribution in [0.3, 0.4) is 0 Å². The molecule has 0 spiro atoms. The maximum atomic E-state index is 13.1. The van der Waals surface area contributed by atoms with Gasteiger partial charge in [0.05, 0.1) is 26.4 Å². The van der Waals surface area contributed by atoms with Crippen LogP contribution in [0.1, 0.15) is 458 Å². The standard InChI is InChI=1S/C85H166O17P2/c1-6-9-12-15-18-21-24-27-30-33-35-37-40-43-46-49-56-61-66-71-84(89)101-80(74-95-82(87)68-63-58-53-47-44-41-39-36-34-31-28-25-22-19-16-13-10-7-2)76-99-103(91,92)97-72-79(86)73-98-104(93,94)100-77-81(75-96-83(88)69-64-59-54-51-50-52-57-62-67-78(4)5)102-85(90)70-65-60-55-48-45-42-38-32-29-26-23-20-17-14-11-8-3/h78-81,86H,6-77H2,1-5H3,(H,91,92)(H,93,94)/t79-,80-,81-/m1/s1. The van der Waals surface area contributed by atoms with Crippen LogP contribution in [-0.4, -0.2) is 96.7 Å². The second-order valence-corrected chi connectivity index (χ2v) is 34.0. The topological polar surface area (TPSA) is 237 Å². The van der Waals surface area contributed by atoms with E-state index in [1.165, 1.54) is 283 Å². The molecule has 5 atom stereocenters. The van der Waals surface area contributed by atoms with Gasteiger partial charge in [0.15, 0.2) is 12.2 Å². The minimum absolute atomic E-state index is 0.108. The summed E-state index contributed by atoms with van der Waals surface area (Å²) in [6, 6.07) is 0. The predicted molar refractivity (Wildman–Crippen MR) is 428 cm³/mol. The third-order valence-electron chi connectivity index (χ3n) is 20.0. The van der Waals surface area contributed by atoms with Gasteiger partial charge in [0.25, 0.3) is 0 Å². The van der Waals surface area contributed by atoms with E-state index in [-0.39, 0.29) is 25.7 Å². The molecular weight excluding hydrogens is 1350 g/mol.